The number of rotatable bonds is 3. The number of benzene rings is 1. The summed E-state index contributed by atoms with van der Waals surface area (Å²) in [5, 5.41) is 0. The lowest BCUT2D eigenvalue weighted by molar-refractivity contribution is 0.241. The topological polar surface area (TPSA) is 35.2 Å². The molecule has 1 atom stereocenters. The maximum absolute atomic E-state index is 13.5. The van der Waals surface area contributed by atoms with Crippen LogP contribution in [0.1, 0.15) is 43.5 Å². The minimum Gasteiger partial charge on any atom is -0.496 e. The van der Waals surface area contributed by atoms with Crippen LogP contribution >= 0.6 is 0 Å². The van der Waals surface area contributed by atoms with Gasteiger partial charge in [-0.2, -0.15) is 0 Å². The zero-order valence-electron chi connectivity index (χ0n) is 9.79. The summed E-state index contributed by atoms with van der Waals surface area (Å²) < 4.78 is 18.8. The number of alkyl halides is 1. The van der Waals surface area contributed by atoms with Gasteiger partial charge < -0.3 is 10.5 Å². The van der Waals surface area contributed by atoms with Crippen molar-refractivity contribution >= 4 is 0 Å². The molecule has 88 valence electrons. The molecule has 1 aromatic carbocycles. The van der Waals surface area contributed by atoms with Gasteiger partial charge in [0.2, 0.25) is 0 Å². The Morgan fingerprint density at radius 1 is 1.44 bits per heavy atom. The van der Waals surface area contributed by atoms with E-state index in [1.165, 1.54) is 6.92 Å². The second-order valence-corrected chi connectivity index (χ2v) is 4.55. The van der Waals surface area contributed by atoms with E-state index < -0.39 is 6.17 Å². The maximum atomic E-state index is 13.5. The molecule has 1 saturated carbocycles. The minimum atomic E-state index is -1.03. The summed E-state index contributed by atoms with van der Waals surface area (Å²) in [6.45, 7) is 1.52. The van der Waals surface area contributed by atoms with Crippen LogP contribution in [0.2, 0.25) is 0 Å². The van der Waals surface area contributed by atoms with Crippen LogP contribution in [0.3, 0.4) is 0 Å². The quantitative estimate of drug-likeness (QED) is 0.854. The van der Waals surface area contributed by atoms with Gasteiger partial charge in [-0.3, -0.25) is 0 Å². The molecule has 0 saturated heterocycles. The fraction of sp³-hybridized carbons (Fsp3) is 0.538. The van der Waals surface area contributed by atoms with Gasteiger partial charge >= 0.3 is 0 Å². The number of hydrogen-bond donors (Lipinski definition) is 1. The van der Waals surface area contributed by atoms with Crippen LogP contribution < -0.4 is 10.5 Å². The molecule has 1 aromatic rings. The fourth-order valence-corrected chi connectivity index (χ4v) is 2.32. The third-order valence-electron chi connectivity index (χ3n) is 3.46. The van der Waals surface area contributed by atoms with Crippen LogP contribution in [0.15, 0.2) is 18.2 Å². The number of hydrogen-bond acceptors (Lipinski definition) is 2. The zero-order valence-corrected chi connectivity index (χ0v) is 9.79. The van der Waals surface area contributed by atoms with E-state index in [9.17, 15) is 4.39 Å². The highest BCUT2D eigenvalue weighted by Crippen LogP contribution is 2.45. The molecule has 1 aliphatic carbocycles. The Bertz CT molecular complexity index is 386. The van der Waals surface area contributed by atoms with Gasteiger partial charge in [0.05, 0.1) is 7.11 Å². The van der Waals surface area contributed by atoms with E-state index in [-0.39, 0.29) is 5.54 Å². The summed E-state index contributed by atoms with van der Waals surface area (Å²) >= 11 is 0. The van der Waals surface area contributed by atoms with Gasteiger partial charge in [0.15, 0.2) is 0 Å². The van der Waals surface area contributed by atoms with E-state index in [0.29, 0.717) is 11.3 Å². The Morgan fingerprint density at radius 2 is 2.12 bits per heavy atom. The van der Waals surface area contributed by atoms with Gasteiger partial charge in [0, 0.05) is 16.7 Å². The molecule has 2 rings (SSSR count). The molecule has 0 aliphatic heterocycles. The van der Waals surface area contributed by atoms with Crippen LogP contribution in [0.5, 0.6) is 5.75 Å². The first-order valence-corrected chi connectivity index (χ1v) is 5.69. The van der Waals surface area contributed by atoms with E-state index in [0.717, 1.165) is 24.8 Å². The third-order valence-corrected chi connectivity index (χ3v) is 3.46. The van der Waals surface area contributed by atoms with Gasteiger partial charge in [-0.25, -0.2) is 4.39 Å². The smallest absolute Gasteiger partial charge is 0.130 e. The Labute approximate surface area is 95.6 Å². The molecule has 0 bridgehead atoms. The molecule has 1 aliphatic rings. The van der Waals surface area contributed by atoms with Crippen molar-refractivity contribution in [2.24, 2.45) is 5.73 Å². The summed E-state index contributed by atoms with van der Waals surface area (Å²) in [4.78, 5) is 0. The Kier molecular flexibility index (Phi) is 2.89. The summed E-state index contributed by atoms with van der Waals surface area (Å²) in [6.07, 6.45) is 2.01. The second-order valence-electron chi connectivity index (χ2n) is 4.55. The van der Waals surface area contributed by atoms with E-state index in [2.05, 4.69) is 0 Å². The Morgan fingerprint density at radius 3 is 2.56 bits per heavy atom. The predicted octanol–water partition coefficient (Wildman–Crippen LogP) is 3.06. The molecule has 0 amide bonds. The van der Waals surface area contributed by atoms with E-state index in [4.69, 9.17) is 10.5 Å². The standard InChI is InChI=1S/C13H18FNO/c1-9(14)10-5-3-6-11(12(10)16-2)13(15)7-4-8-13/h3,5-6,9H,4,7-8,15H2,1-2H3. The number of halogens is 1. The largest absolute Gasteiger partial charge is 0.496 e. The van der Waals surface area contributed by atoms with Crippen molar-refractivity contribution in [3.05, 3.63) is 29.3 Å². The van der Waals surface area contributed by atoms with Crippen molar-refractivity contribution < 1.29 is 9.13 Å². The SMILES string of the molecule is COc1c(C(C)F)cccc1C1(N)CCC1. The molecule has 3 heteroatoms. The second kappa shape index (κ2) is 4.06. The number of para-hydroxylation sites is 1. The van der Waals surface area contributed by atoms with Crippen molar-refractivity contribution in [3.63, 3.8) is 0 Å². The number of nitrogens with two attached hydrogens (primary N) is 1. The first kappa shape index (κ1) is 11.4. The molecule has 1 fully saturated rings. The van der Waals surface area contributed by atoms with E-state index in [1.54, 1.807) is 13.2 Å². The highest BCUT2D eigenvalue weighted by Gasteiger charge is 2.37. The van der Waals surface area contributed by atoms with Gasteiger partial charge in [0.1, 0.15) is 11.9 Å². The average Bonchev–Trinajstić information content (AvgIpc) is 2.24. The summed E-state index contributed by atoms with van der Waals surface area (Å²) in [7, 11) is 1.58. The molecule has 2 nitrogen and oxygen atoms in total. The fourth-order valence-electron chi connectivity index (χ4n) is 2.32. The lowest BCUT2D eigenvalue weighted by Gasteiger charge is -2.39. The van der Waals surface area contributed by atoms with Gasteiger partial charge in [-0.1, -0.05) is 18.2 Å². The Hall–Kier alpha value is -1.09. The predicted molar refractivity (Wildman–Crippen MR) is 62.2 cm³/mol. The van der Waals surface area contributed by atoms with Crippen LogP contribution in [0, 0.1) is 0 Å². The highest BCUT2D eigenvalue weighted by molar-refractivity contribution is 5.47. The molecule has 0 spiro atoms. The highest BCUT2D eigenvalue weighted by atomic mass is 19.1. The molecule has 0 aromatic heterocycles. The van der Waals surface area contributed by atoms with Gasteiger partial charge in [0.25, 0.3) is 0 Å². The lowest BCUT2D eigenvalue weighted by Crippen LogP contribution is -2.43. The molecular formula is C13H18FNO. The molecule has 16 heavy (non-hydrogen) atoms. The van der Waals surface area contributed by atoms with Crippen LogP contribution in [-0.4, -0.2) is 7.11 Å². The number of methoxy groups -OCH3 is 1. The van der Waals surface area contributed by atoms with Crippen LogP contribution in [-0.2, 0) is 5.54 Å². The summed E-state index contributed by atoms with van der Waals surface area (Å²) in [5.41, 5.74) is 7.50. The van der Waals surface area contributed by atoms with E-state index >= 15 is 0 Å². The normalized spacial score (nSPS) is 20.0. The van der Waals surface area contributed by atoms with Crippen molar-refractivity contribution in [1.82, 2.24) is 0 Å². The molecule has 1 unspecified atom stereocenters. The molecule has 0 heterocycles. The zero-order chi connectivity index (χ0) is 11.8. The monoisotopic (exact) mass is 223 g/mol. The van der Waals surface area contributed by atoms with Crippen molar-refractivity contribution in [1.29, 1.82) is 0 Å². The number of ether oxygens (including phenoxy) is 1. The van der Waals surface area contributed by atoms with Crippen molar-refractivity contribution in [2.45, 2.75) is 37.9 Å². The van der Waals surface area contributed by atoms with Gasteiger partial charge in [-0.15, -0.1) is 0 Å². The maximum Gasteiger partial charge on any atom is 0.130 e. The summed E-state index contributed by atoms with van der Waals surface area (Å²) in [5.74, 6) is 0.625. The van der Waals surface area contributed by atoms with E-state index in [1.807, 2.05) is 12.1 Å². The van der Waals surface area contributed by atoms with Gasteiger partial charge in [-0.05, 0) is 26.2 Å². The van der Waals surface area contributed by atoms with Crippen molar-refractivity contribution in [2.75, 3.05) is 7.11 Å². The summed E-state index contributed by atoms with van der Waals surface area (Å²) in [6, 6.07) is 5.56. The van der Waals surface area contributed by atoms with Crippen molar-refractivity contribution in [3.8, 4) is 5.75 Å². The molecule has 2 N–H and O–H groups in total. The third kappa shape index (κ3) is 1.69. The Balaban J connectivity index is 2.48. The minimum absolute atomic E-state index is 0.309. The first-order chi connectivity index (χ1) is 7.58. The first-order valence-electron chi connectivity index (χ1n) is 5.69. The lowest BCUT2D eigenvalue weighted by atomic mass is 9.72. The van der Waals surface area contributed by atoms with Crippen LogP contribution in [0.25, 0.3) is 0 Å². The molecular weight excluding hydrogens is 205 g/mol. The van der Waals surface area contributed by atoms with Crippen LogP contribution in [0.4, 0.5) is 4.39 Å². The average molecular weight is 223 g/mol. The molecule has 0 radical (unpaired) electrons.